The Hall–Kier alpha value is -1.78. The van der Waals surface area contributed by atoms with E-state index in [9.17, 15) is 5.11 Å². The molecule has 0 amide bonds. The molecule has 0 atom stereocenters. The zero-order chi connectivity index (χ0) is 14.1. The van der Waals surface area contributed by atoms with Gasteiger partial charge in [0.2, 0.25) is 0 Å². The Morgan fingerprint density at radius 2 is 2.00 bits per heavy atom. The summed E-state index contributed by atoms with van der Waals surface area (Å²) in [5.41, 5.74) is 2.24. The SMILES string of the molecule is Oc1[nH]c2ccc(Cl)cc2c1C=Nc1ccccc1Br. The fourth-order valence-corrected chi connectivity index (χ4v) is 2.55. The third-order valence-corrected chi connectivity index (χ3v) is 3.87. The number of aromatic amines is 1. The van der Waals surface area contributed by atoms with Gasteiger partial charge in [0.1, 0.15) is 0 Å². The van der Waals surface area contributed by atoms with E-state index in [0.29, 0.717) is 10.6 Å². The molecule has 5 heteroatoms. The summed E-state index contributed by atoms with van der Waals surface area (Å²) in [6.07, 6.45) is 1.63. The maximum atomic E-state index is 9.97. The van der Waals surface area contributed by atoms with Gasteiger partial charge in [0.25, 0.3) is 0 Å². The number of aromatic nitrogens is 1. The van der Waals surface area contributed by atoms with Crippen LogP contribution in [0.3, 0.4) is 0 Å². The summed E-state index contributed by atoms with van der Waals surface area (Å²) in [4.78, 5) is 7.29. The van der Waals surface area contributed by atoms with Crippen molar-refractivity contribution in [3.8, 4) is 5.88 Å². The minimum absolute atomic E-state index is 0.0815. The topological polar surface area (TPSA) is 48.4 Å². The van der Waals surface area contributed by atoms with Gasteiger partial charge in [-0.15, -0.1) is 0 Å². The summed E-state index contributed by atoms with van der Waals surface area (Å²) in [7, 11) is 0. The van der Waals surface area contributed by atoms with Crippen LogP contribution in [-0.2, 0) is 0 Å². The molecule has 3 aromatic rings. The quantitative estimate of drug-likeness (QED) is 0.626. The van der Waals surface area contributed by atoms with Gasteiger partial charge in [-0.05, 0) is 46.3 Å². The van der Waals surface area contributed by atoms with E-state index >= 15 is 0 Å². The van der Waals surface area contributed by atoms with E-state index in [4.69, 9.17) is 11.6 Å². The van der Waals surface area contributed by atoms with Crippen molar-refractivity contribution in [1.82, 2.24) is 4.98 Å². The fraction of sp³-hybridized carbons (Fsp3) is 0. The first-order valence-corrected chi connectivity index (χ1v) is 7.11. The van der Waals surface area contributed by atoms with Crippen molar-refractivity contribution in [2.75, 3.05) is 0 Å². The lowest BCUT2D eigenvalue weighted by molar-refractivity contribution is 0.457. The number of para-hydroxylation sites is 1. The number of hydrogen-bond donors (Lipinski definition) is 2. The lowest BCUT2D eigenvalue weighted by atomic mass is 10.2. The Morgan fingerprint density at radius 1 is 1.20 bits per heavy atom. The fourth-order valence-electron chi connectivity index (χ4n) is 1.99. The molecule has 0 aliphatic rings. The average molecular weight is 350 g/mol. The predicted molar refractivity (Wildman–Crippen MR) is 86.4 cm³/mol. The number of hydrogen-bond acceptors (Lipinski definition) is 2. The molecule has 2 aromatic carbocycles. The van der Waals surface area contributed by atoms with E-state index in [1.54, 1.807) is 18.3 Å². The molecule has 2 N–H and O–H groups in total. The maximum Gasteiger partial charge on any atom is 0.198 e. The van der Waals surface area contributed by atoms with Crippen LogP contribution in [0, 0.1) is 0 Å². The summed E-state index contributed by atoms with van der Waals surface area (Å²) in [6.45, 7) is 0. The minimum atomic E-state index is 0.0815. The molecule has 1 heterocycles. The normalized spacial score (nSPS) is 11.5. The molecular weight excluding hydrogens is 340 g/mol. The minimum Gasteiger partial charge on any atom is -0.494 e. The van der Waals surface area contributed by atoms with E-state index in [-0.39, 0.29) is 5.88 Å². The molecule has 0 unspecified atom stereocenters. The molecule has 0 spiro atoms. The van der Waals surface area contributed by atoms with E-state index in [1.807, 2.05) is 30.3 Å². The molecule has 0 fully saturated rings. The van der Waals surface area contributed by atoms with Gasteiger partial charge in [0, 0.05) is 26.6 Å². The Morgan fingerprint density at radius 3 is 2.80 bits per heavy atom. The van der Waals surface area contributed by atoms with E-state index < -0.39 is 0 Å². The summed E-state index contributed by atoms with van der Waals surface area (Å²) in [5, 5.41) is 11.4. The Bertz CT molecular complexity index is 811. The molecule has 1 aromatic heterocycles. The number of benzene rings is 2. The Balaban J connectivity index is 2.09. The number of aliphatic imine (C=N–C) groups is 1. The first-order valence-electron chi connectivity index (χ1n) is 5.94. The Labute approximate surface area is 129 Å². The van der Waals surface area contributed by atoms with E-state index in [1.165, 1.54) is 0 Å². The third-order valence-electron chi connectivity index (χ3n) is 2.97. The van der Waals surface area contributed by atoms with Gasteiger partial charge in [-0.1, -0.05) is 23.7 Å². The van der Waals surface area contributed by atoms with Crippen LogP contribution in [0.4, 0.5) is 5.69 Å². The second-order valence-corrected chi connectivity index (χ2v) is 5.58. The summed E-state index contributed by atoms with van der Waals surface area (Å²) in [6, 6.07) is 13.0. The first kappa shape index (κ1) is 13.2. The number of rotatable bonds is 2. The molecule has 20 heavy (non-hydrogen) atoms. The van der Waals surface area contributed by atoms with Gasteiger partial charge < -0.3 is 10.1 Å². The van der Waals surface area contributed by atoms with Crippen LogP contribution in [0.5, 0.6) is 5.88 Å². The van der Waals surface area contributed by atoms with Crippen LogP contribution < -0.4 is 0 Å². The standard InChI is InChI=1S/C15H10BrClN2O/c16-12-3-1-2-4-14(12)18-8-11-10-7-9(17)5-6-13(10)19-15(11)20/h1-8,19-20H. The zero-order valence-electron chi connectivity index (χ0n) is 10.3. The van der Waals surface area contributed by atoms with Gasteiger partial charge >= 0.3 is 0 Å². The van der Waals surface area contributed by atoms with Crippen molar-refractivity contribution in [1.29, 1.82) is 0 Å². The summed E-state index contributed by atoms with van der Waals surface area (Å²) in [5.74, 6) is 0.0815. The van der Waals surface area contributed by atoms with Gasteiger partial charge in [0.15, 0.2) is 5.88 Å². The highest BCUT2D eigenvalue weighted by atomic mass is 79.9. The van der Waals surface area contributed by atoms with Crippen LogP contribution >= 0.6 is 27.5 Å². The molecule has 0 saturated heterocycles. The molecular formula is C15H10BrClN2O. The Kier molecular flexibility index (Phi) is 3.51. The number of halogens is 2. The second-order valence-electron chi connectivity index (χ2n) is 4.29. The average Bonchev–Trinajstić information content (AvgIpc) is 2.73. The van der Waals surface area contributed by atoms with Crippen molar-refractivity contribution in [2.45, 2.75) is 0 Å². The van der Waals surface area contributed by atoms with Crippen molar-refractivity contribution >= 4 is 50.3 Å². The highest BCUT2D eigenvalue weighted by molar-refractivity contribution is 9.10. The molecule has 0 bridgehead atoms. The molecule has 0 aliphatic carbocycles. The smallest absolute Gasteiger partial charge is 0.198 e. The highest BCUT2D eigenvalue weighted by Gasteiger charge is 2.09. The molecule has 100 valence electrons. The molecule has 3 rings (SSSR count). The van der Waals surface area contributed by atoms with Crippen molar-refractivity contribution in [3.05, 3.63) is 57.5 Å². The molecule has 0 radical (unpaired) electrons. The summed E-state index contributed by atoms with van der Waals surface area (Å²) < 4.78 is 0.897. The monoisotopic (exact) mass is 348 g/mol. The van der Waals surface area contributed by atoms with Crippen LogP contribution in [-0.4, -0.2) is 16.3 Å². The van der Waals surface area contributed by atoms with Crippen LogP contribution in [0.25, 0.3) is 10.9 Å². The van der Waals surface area contributed by atoms with Crippen molar-refractivity contribution in [2.24, 2.45) is 4.99 Å². The predicted octanol–water partition coefficient (Wildman–Crippen LogP) is 5.04. The number of nitrogens with zero attached hydrogens (tertiary/aromatic N) is 1. The van der Waals surface area contributed by atoms with Gasteiger partial charge in [0.05, 0.1) is 11.3 Å². The van der Waals surface area contributed by atoms with Crippen LogP contribution in [0.2, 0.25) is 5.02 Å². The van der Waals surface area contributed by atoms with Crippen LogP contribution in [0.1, 0.15) is 5.56 Å². The number of fused-ring (bicyclic) bond motifs is 1. The number of aromatic hydroxyl groups is 1. The van der Waals surface area contributed by atoms with Crippen molar-refractivity contribution in [3.63, 3.8) is 0 Å². The van der Waals surface area contributed by atoms with Gasteiger partial charge in [-0.25, -0.2) is 0 Å². The van der Waals surface area contributed by atoms with E-state index in [0.717, 1.165) is 21.1 Å². The largest absolute Gasteiger partial charge is 0.494 e. The second kappa shape index (κ2) is 5.31. The van der Waals surface area contributed by atoms with Gasteiger partial charge in [-0.2, -0.15) is 0 Å². The van der Waals surface area contributed by atoms with Crippen molar-refractivity contribution < 1.29 is 5.11 Å². The molecule has 0 aliphatic heterocycles. The third kappa shape index (κ3) is 2.44. The lowest BCUT2D eigenvalue weighted by Crippen LogP contribution is -1.79. The lowest BCUT2D eigenvalue weighted by Gasteiger charge is -1.97. The van der Waals surface area contributed by atoms with E-state index in [2.05, 4.69) is 25.9 Å². The number of H-pyrrole nitrogens is 1. The zero-order valence-corrected chi connectivity index (χ0v) is 12.6. The highest BCUT2D eigenvalue weighted by Crippen LogP contribution is 2.29. The summed E-state index contributed by atoms with van der Waals surface area (Å²) >= 11 is 9.43. The molecule has 0 saturated carbocycles. The van der Waals surface area contributed by atoms with Crippen LogP contribution in [0.15, 0.2) is 51.9 Å². The maximum absolute atomic E-state index is 9.97. The first-order chi connectivity index (χ1) is 9.65. The van der Waals surface area contributed by atoms with Gasteiger partial charge in [-0.3, -0.25) is 4.99 Å². The number of nitrogens with one attached hydrogen (secondary N) is 1. The molecule has 3 nitrogen and oxygen atoms in total.